The van der Waals surface area contributed by atoms with Crippen LogP contribution in [0.5, 0.6) is 11.5 Å². The molecule has 2 fully saturated rings. The van der Waals surface area contributed by atoms with E-state index in [1.807, 2.05) is 30.3 Å². The van der Waals surface area contributed by atoms with E-state index < -0.39 is 18.3 Å². The topological polar surface area (TPSA) is 104 Å². The number of carbonyl (C=O) groups is 2. The zero-order chi connectivity index (χ0) is 21.6. The fourth-order valence-electron chi connectivity index (χ4n) is 3.58. The fourth-order valence-corrected chi connectivity index (χ4v) is 3.58. The summed E-state index contributed by atoms with van der Waals surface area (Å²) in [5.74, 6) is 1.13. The van der Waals surface area contributed by atoms with Crippen LogP contribution in [-0.4, -0.2) is 63.3 Å². The van der Waals surface area contributed by atoms with Gasteiger partial charge in [-0.15, -0.1) is 0 Å². The molecule has 2 aromatic rings. The van der Waals surface area contributed by atoms with Crippen LogP contribution < -0.4 is 15.4 Å². The van der Waals surface area contributed by atoms with Crippen molar-refractivity contribution in [3.8, 4) is 11.5 Å². The number of ether oxygens (including phenoxy) is 5. The maximum atomic E-state index is 12.3. The summed E-state index contributed by atoms with van der Waals surface area (Å²) < 4.78 is 27.4. The monoisotopic (exact) mass is 428 g/mol. The van der Waals surface area contributed by atoms with Crippen molar-refractivity contribution < 1.29 is 33.3 Å². The van der Waals surface area contributed by atoms with E-state index in [2.05, 4.69) is 10.6 Å². The lowest BCUT2D eigenvalue weighted by Crippen LogP contribution is -2.45. The Morgan fingerprint density at radius 1 is 0.968 bits per heavy atom. The minimum Gasteiger partial charge on any atom is -0.457 e. The van der Waals surface area contributed by atoms with Crippen molar-refractivity contribution in [2.45, 2.75) is 24.4 Å². The van der Waals surface area contributed by atoms with E-state index in [9.17, 15) is 9.59 Å². The first kappa shape index (κ1) is 21.1. The number of benzene rings is 2. The summed E-state index contributed by atoms with van der Waals surface area (Å²) >= 11 is 0. The number of fused-ring (bicyclic) bond motifs is 1. The predicted octanol–water partition coefficient (Wildman–Crippen LogP) is 2.32. The molecule has 2 saturated heterocycles. The average Bonchev–Trinajstić information content (AvgIpc) is 3.34. The van der Waals surface area contributed by atoms with Crippen LogP contribution in [0.1, 0.15) is 0 Å². The molecular formula is C22H24N2O7. The van der Waals surface area contributed by atoms with E-state index in [0.29, 0.717) is 11.4 Å². The minimum absolute atomic E-state index is 0.0363. The number of para-hydroxylation sites is 1. The average molecular weight is 428 g/mol. The predicted molar refractivity (Wildman–Crippen MR) is 110 cm³/mol. The minimum atomic E-state index is -0.610. The highest BCUT2D eigenvalue weighted by Crippen LogP contribution is 2.29. The highest BCUT2D eigenvalue weighted by atomic mass is 16.6. The lowest BCUT2D eigenvalue weighted by Gasteiger charge is -2.18. The number of hydrogen-bond donors (Lipinski definition) is 2. The Kier molecular flexibility index (Phi) is 6.66. The third-order valence-electron chi connectivity index (χ3n) is 4.97. The number of hydrogen-bond acceptors (Lipinski definition) is 7. The lowest BCUT2D eigenvalue weighted by molar-refractivity contribution is -0.126. The van der Waals surface area contributed by atoms with Crippen LogP contribution in [0.3, 0.4) is 0 Å². The quantitative estimate of drug-likeness (QED) is 0.697. The van der Waals surface area contributed by atoms with E-state index in [4.69, 9.17) is 23.7 Å². The Hall–Kier alpha value is -3.14. The normalized spacial score (nSPS) is 24.3. The van der Waals surface area contributed by atoms with Gasteiger partial charge in [0, 0.05) is 12.8 Å². The highest BCUT2D eigenvalue weighted by molar-refractivity contribution is 5.84. The zero-order valence-corrected chi connectivity index (χ0v) is 17.0. The molecule has 0 spiro atoms. The van der Waals surface area contributed by atoms with Gasteiger partial charge in [-0.2, -0.15) is 0 Å². The summed E-state index contributed by atoms with van der Waals surface area (Å²) in [6.45, 7) is 0.448. The summed E-state index contributed by atoms with van der Waals surface area (Å²) in [6.07, 6.45) is -1.97. The van der Waals surface area contributed by atoms with E-state index in [-0.39, 0.29) is 37.9 Å². The Labute approximate surface area is 179 Å². The Morgan fingerprint density at radius 3 is 2.42 bits per heavy atom. The SMILES string of the molecule is COCC(=O)NC1COC2C(OC(=O)Nc3ccc(Oc4ccccc4)cc3)COC12. The fraction of sp³-hybridized carbons (Fsp3) is 0.364. The van der Waals surface area contributed by atoms with Crippen LogP contribution in [0, 0.1) is 0 Å². The summed E-state index contributed by atoms with van der Waals surface area (Å²) in [6, 6.07) is 16.1. The molecule has 0 radical (unpaired) electrons. The van der Waals surface area contributed by atoms with Crippen molar-refractivity contribution in [3.63, 3.8) is 0 Å². The van der Waals surface area contributed by atoms with Crippen LogP contribution in [0.2, 0.25) is 0 Å². The number of rotatable bonds is 7. The highest BCUT2D eigenvalue weighted by Gasteiger charge is 2.49. The van der Waals surface area contributed by atoms with Gasteiger partial charge in [0.05, 0.1) is 19.3 Å². The van der Waals surface area contributed by atoms with Crippen LogP contribution in [0.15, 0.2) is 54.6 Å². The Balaban J connectivity index is 1.26. The molecule has 0 bridgehead atoms. The molecule has 2 aromatic carbocycles. The molecule has 164 valence electrons. The standard InChI is InChI=1S/C22H24N2O7/c1-27-13-19(25)24-17-11-28-21-18(12-29-20(17)21)31-22(26)23-14-7-9-16(10-8-14)30-15-5-3-2-4-6-15/h2-10,17-18,20-21H,11-13H2,1H3,(H,23,26)(H,24,25). The van der Waals surface area contributed by atoms with Crippen molar-refractivity contribution >= 4 is 17.7 Å². The van der Waals surface area contributed by atoms with Gasteiger partial charge >= 0.3 is 6.09 Å². The molecule has 4 unspecified atom stereocenters. The second kappa shape index (κ2) is 9.78. The largest absolute Gasteiger partial charge is 0.457 e. The molecule has 2 heterocycles. The van der Waals surface area contributed by atoms with Crippen molar-refractivity contribution in [3.05, 3.63) is 54.6 Å². The molecule has 9 heteroatoms. The van der Waals surface area contributed by atoms with Crippen LogP contribution in [0.4, 0.5) is 10.5 Å². The maximum Gasteiger partial charge on any atom is 0.412 e. The summed E-state index contributed by atoms with van der Waals surface area (Å²) in [5.41, 5.74) is 0.568. The van der Waals surface area contributed by atoms with Crippen LogP contribution in [0.25, 0.3) is 0 Å². The molecule has 0 aromatic heterocycles. The van der Waals surface area contributed by atoms with Crippen molar-refractivity contribution in [1.82, 2.24) is 5.32 Å². The summed E-state index contributed by atoms with van der Waals surface area (Å²) in [4.78, 5) is 24.0. The number of nitrogens with one attached hydrogen (secondary N) is 2. The molecule has 0 saturated carbocycles. The van der Waals surface area contributed by atoms with Gasteiger partial charge in [-0.3, -0.25) is 10.1 Å². The third kappa shape index (κ3) is 5.32. The maximum absolute atomic E-state index is 12.3. The van der Waals surface area contributed by atoms with Gasteiger partial charge < -0.3 is 29.0 Å². The smallest absolute Gasteiger partial charge is 0.412 e. The van der Waals surface area contributed by atoms with Crippen LogP contribution in [-0.2, 0) is 23.7 Å². The number of anilines is 1. The molecule has 2 aliphatic heterocycles. The number of methoxy groups -OCH3 is 1. The molecule has 4 atom stereocenters. The second-order valence-electron chi connectivity index (χ2n) is 7.21. The Morgan fingerprint density at radius 2 is 1.68 bits per heavy atom. The van der Waals surface area contributed by atoms with Crippen molar-refractivity contribution in [1.29, 1.82) is 0 Å². The van der Waals surface area contributed by atoms with Gasteiger partial charge in [0.2, 0.25) is 5.91 Å². The van der Waals surface area contributed by atoms with Gasteiger partial charge in [0.25, 0.3) is 0 Å². The molecular weight excluding hydrogens is 404 g/mol. The van der Waals surface area contributed by atoms with Crippen molar-refractivity contribution in [2.24, 2.45) is 0 Å². The molecule has 0 aliphatic carbocycles. The van der Waals surface area contributed by atoms with E-state index in [0.717, 1.165) is 5.75 Å². The molecule has 9 nitrogen and oxygen atoms in total. The molecule has 2 amide bonds. The second-order valence-corrected chi connectivity index (χ2v) is 7.21. The van der Waals surface area contributed by atoms with Gasteiger partial charge in [-0.1, -0.05) is 18.2 Å². The summed E-state index contributed by atoms with van der Waals surface area (Å²) in [5, 5.41) is 5.49. The van der Waals surface area contributed by atoms with E-state index >= 15 is 0 Å². The molecule has 4 rings (SSSR count). The lowest BCUT2D eigenvalue weighted by atomic mass is 10.1. The number of amides is 2. The molecule has 2 N–H and O–H groups in total. The Bertz CT molecular complexity index is 890. The van der Waals surface area contributed by atoms with Gasteiger partial charge in [0.1, 0.15) is 30.3 Å². The third-order valence-corrected chi connectivity index (χ3v) is 4.97. The van der Waals surface area contributed by atoms with Gasteiger partial charge in [0.15, 0.2) is 6.10 Å². The first-order valence-corrected chi connectivity index (χ1v) is 9.94. The first-order valence-electron chi connectivity index (χ1n) is 9.94. The number of carbonyl (C=O) groups excluding carboxylic acids is 2. The van der Waals surface area contributed by atoms with E-state index in [1.165, 1.54) is 7.11 Å². The van der Waals surface area contributed by atoms with E-state index in [1.54, 1.807) is 24.3 Å². The zero-order valence-electron chi connectivity index (χ0n) is 17.0. The molecule has 31 heavy (non-hydrogen) atoms. The van der Waals surface area contributed by atoms with Crippen molar-refractivity contribution in [2.75, 3.05) is 32.2 Å². The van der Waals surface area contributed by atoms with Crippen LogP contribution >= 0.6 is 0 Å². The first-order chi connectivity index (χ1) is 15.1. The summed E-state index contributed by atoms with van der Waals surface area (Å²) in [7, 11) is 1.45. The van der Waals surface area contributed by atoms with Gasteiger partial charge in [-0.05, 0) is 36.4 Å². The van der Waals surface area contributed by atoms with Gasteiger partial charge in [-0.25, -0.2) is 4.79 Å². The molecule has 2 aliphatic rings.